The zero-order chi connectivity index (χ0) is 27.5. The lowest BCUT2D eigenvalue weighted by atomic mass is 9.93. The molecule has 1 amide bonds. The summed E-state index contributed by atoms with van der Waals surface area (Å²) in [6.45, 7) is 1.82. The van der Waals surface area contributed by atoms with Gasteiger partial charge in [0.25, 0.3) is 5.91 Å². The molecule has 0 radical (unpaired) electrons. The Bertz CT molecular complexity index is 1550. The van der Waals surface area contributed by atoms with Crippen molar-refractivity contribution >= 4 is 17.5 Å². The van der Waals surface area contributed by atoms with E-state index in [2.05, 4.69) is 15.6 Å². The number of rotatable bonds is 8. The summed E-state index contributed by atoms with van der Waals surface area (Å²) in [7, 11) is 6.26. The minimum absolute atomic E-state index is 0.334. The number of allylic oxidation sites excluding steroid dienone is 1. The first-order valence-electron chi connectivity index (χ1n) is 12.1. The number of nitrogens with one attached hydrogen (secondary N) is 2. The Labute approximate surface area is 225 Å². The van der Waals surface area contributed by atoms with Crippen LogP contribution in [0.4, 0.5) is 11.6 Å². The summed E-state index contributed by atoms with van der Waals surface area (Å²) in [4.78, 5) is 22.6. The molecule has 200 valence electrons. The molecule has 11 heteroatoms. The van der Waals surface area contributed by atoms with Crippen molar-refractivity contribution in [2.75, 3.05) is 39.1 Å². The smallest absolute Gasteiger partial charge is 0.255 e. The molecule has 0 bridgehead atoms. The molecule has 1 aliphatic rings. The lowest BCUT2D eigenvalue weighted by Gasteiger charge is -2.30. The zero-order valence-electron chi connectivity index (χ0n) is 22.2. The van der Waals surface area contributed by atoms with E-state index in [-0.39, 0.29) is 5.91 Å². The highest BCUT2D eigenvalue weighted by atomic mass is 16.5. The van der Waals surface area contributed by atoms with Crippen molar-refractivity contribution in [2.45, 2.75) is 13.0 Å². The van der Waals surface area contributed by atoms with Gasteiger partial charge in [-0.2, -0.15) is 4.98 Å². The molecule has 2 aromatic heterocycles. The van der Waals surface area contributed by atoms with Crippen molar-refractivity contribution in [1.29, 1.82) is 0 Å². The molecule has 1 atom stereocenters. The van der Waals surface area contributed by atoms with Gasteiger partial charge < -0.3 is 29.6 Å². The van der Waals surface area contributed by atoms with Gasteiger partial charge in [0.1, 0.15) is 17.5 Å². The lowest BCUT2D eigenvalue weighted by molar-refractivity contribution is -0.113. The number of benzene rings is 2. The van der Waals surface area contributed by atoms with Crippen molar-refractivity contribution in [2.24, 2.45) is 0 Å². The van der Waals surface area contributed by atoms with Crippen LogP contribution in [0.3, 0.4) is 0 Å². The molecule has 2 N–H and O–H groups in total. The van der Waals surface area contributed by atoms with E-state index in [0.717, 1.165) is 5.56 Å². The Hall–Kier alpha value is -5.06. The molecule has 11 nitrogen and oxygen atoms in total. The molecular weight excluding hydrogens is 500 g/mol. The first-order chi connectivity index (χ1) is 19.0. The van der Waals surface area contributed by atoms with Gasteiger partial charge in [-0.3, -0.25) is 9.78 Å². The first-order valence-corrected chi connectivity index (χ1v) is 12.1. The minimum atomic E-state index is -0.723. The highest BCUT2D eigenvalue weighted by Crippen LogP contribution is 2.44. The number of pyridine rings is 1. The van der Waals surface area contributed by atoms with Crippen molar-refractivity contribution in [1.82, 2.24) is 19.7 Å². The van der Waals surface area contributed by atoms with Crippen LogP contribution in [0.15, 0.2) is 72.2 Å². The number of carbonyl (C=O) groups is 1. The molecule has 0 aliphatic carbocycles. The summed E-state index contributed by atoms with van der Waals surface area (Å²) >= 11 is 0. The van der Waals surface area contributed by atoms with Crippen LogP contribution < -0.4 is 29.6 Å². The average Bonchev–Trinajstić information content (AvgIpc) is 3.39. The summed E-state index contributed by atoms with van der Waals surface area (Å²) in [6, 6.07) is 13.8. The number of aromatic nitrogens is 4. The van der Waals surface area contributed by atoms with E-state index >= 15 is 0 Å². The maximum atomic E-state index is 13.8. The monoisotopic (exact) mass is 528 g/mol. The number of amides is 1. The van der Waals surface area contributed by atoms with E-state index in [4.69, 9.17) is 29.0 Å². The second kappa shape index (κ2) is 10.7. The van der Waals surface area contributed by atoms with Crippen LogP contribution in [-0.2, 0) is 4.79 Å². The van der Waals surface area contributed by atoms with E-state index in [1.165, 1.54) is 0 Å². The van der Waals surface area contributed by atoms with E-state index in [1.807, 2.05) is 31.2 Å². The third kappa shape index (κ3) is 4.81. The van der Waals surface area contributed by atoms with Gasteiger partial charge >= 0.3 is 0 Å². The van der Waals surface area contributed by atoms with Gasteiger partial charge in [0.2, 0.25) is 5.95 Å². The Morgan fingerprint density at radius 3 is 2.41 bits per heavy atom. The van der Waals surface area contributed by atoms with Crippen LogP contribution in [0.1, 0.15) is 18.5 Å². The second-order valence-electron chi connectivity index (χ2n) is 8.65. The van der Waals surface area contributed by atoms with E-state index in [9.17, 15) is 4.79 Å². The number of nitrogens with zero attached hydrogens (tertiary/aromatic N) is 4. The van der Waals surface area contributed by atoms with Gasteiger partial charge in [0.05, 0.1) is 45.9 Å². The lowest BCUT2D eigenvalue weighted by Crippen LogP contribution is -2.31. The Balaban J connectivity index is 1.69. The van der Waals surface area contributed by atoms with Gasteiger partial charge in [-0.25, -0.2) is 4.68 Å². The van der Waals surface area contributed by atoms with Gasteiger partial charge in [-0.05, 0) is 37.3 Å². The molecule has 5 rings (SSSR count). The van der Waals surface area contributed by atoms with Crippen LogP contribution >= 0.6 is 0 Å². The van der Waals surface area contributed by atoms with Crippen LogP contribution in [0, 0.1) is 0 Å². The molecule has 3 heterocycles. The average molecular weight is 529 g/mol. The largest absolute Gasteiger partial charge is 0.497 e. The summed E-state index contributed by atoms with van der Waals surface area (Å²) in [5, 5.41) is 11.0. The van der Waals surface area contributed by atoms with Crippen LogP contribution in [-0.4, -0.2) is 54.1 Å². The highest BCUT2D eigenvalue weighted by Gasteiger charge is 2.37. The van der Waals surface area contributed by atoms with Crippen molar-refractivity contribution in [3.05, 3.63) is 77.8 Å². The zero-order valence-corrected chi connectivity index (χ0v) is 22.2. The molecular formula is C28H28N6O5. The Kier molecular flexibility index (Phi) is 7.04. The number of ether oxygens (including phenoxy) is 4. The Morgan fingerprint density at radius 2 is 1.72 bits per heavy atom. The van der Waals surface area contributed by atoms with E-state index < -0.39 is 6.04 Å². The summed E-state index contributed by atoms with van der Waals surface area (Å²) in [5.41, 5.74) is 2.97. The fourth-order valence-corrected chi connectivity index (χ4v) is 4.52. The summed E-state index contributed by atoms with van der Waals surface area (Å²) in [5.74, 6) is 2.73. The maximum Gasteiger partial charge on any atom is 0.255 e. The molecule has 4 aromatic rings. The number of hydrogen-bond donors (Lipinski definition) is 2. The topological polar surface area (TPSA) is 122 Å². The second-order valence-corrected chi connectivity index (χ2v) is 8.65. The van der Waals surface area contributed by atoms with E-state index in [0.29, 0.717) is 57.3 Å². The Morgan fingerprint density at radius 1 is 0.949 bits per heavy atom. The molecule has 0 spiro atoms. The molecule has 1 aliphatic heterocycles. The normalized spacial score (nSPS) is 14.2. The number of anilines is 2. The molecule has 0 fully saturated rings. The van der Waals surface area contributed by atoms with Crippen molar-refractivity contribution in [3.8, 4) is 34.4 Å². The molecule has 0 saturated heterocycles. The van der Waals surface area contributed by atoms with E-state index in [1.54, 1.807) is 69.8 Å². The fraction of sp³-hybridized carbons (Fsp3) is 0.214. The minimum Gasteiger partial charge on any atom is -0.497 e. The fourth-order valence-electron chi connectivity index (χ4n) is 4.52. The number of hydrogen-bond acceptors (Lipinski definition) is 9. The third-order valence-corrected chi connectivity index (χ3v) is 6.38. The molecule has 1 unspecified atom stereocenters. The molecule has 0 saturated carbocycles. The van der Waals surface area contributed by atoms with Crippen LogP contribution in [0.2, 0.25) is 0 Å². The third-order valence-electron chi connectivity index (χ3n) is 6.38. The maximum absolute atomic E-state index is 13.8. The van der Waals surface area contributed by atoms with Crippen molar-refractivity contribution in [3.63, 3.8) is 0 Å². The standard InChI is InChI=1S/C28H28N6O5/c1-16-24(27(35)31-18-9-7-11-29-15-18)25(20-13-22(38-4)23(39-5)14-21(20)37-3)34-28(30-16)32-26(33-34)17-8-6-10-19(12-17)36-2/h6-15,25H,1-5H3,(H,31,35)(H,30,32,33). The molecule has 2 aromatic carbocycles. The van der Waals surface area contributed by atoms with Gasteiger partial charge in [-0.1, -0.05) is 12.1 Å². The number of fused-ring (bicyclic) bond motifs is 1. The predicted octanol–water partition coefficient (Wildman–Crippen LogP) is 4.30. The van der Waals surface area contributed by atoms with Crippen molar-refractivity contribution < 1.29 is 23.7 Å². The quantitative estimate of drug-likeness (QED) is 0.345. The predicted molar refractivity (Wildman–Crippen MR) is 145 cm³/mol. The molecule has 39 heavy (non-hydrogen) atoms. The summed E-state index contributed by atoms with van der Waals surface area (Å²) < 4.78 is 23.9. The van der Waals surface area contributed by atoms with Crippen LogP contribution in [0.25, 0.3) is 11.4 Å². The number of carbonyl (C=O) groups excluding carboxylic acids is 1. The highest BCUT2D eigenvalue weighted by molar-refractivity contribution is 6.06. The number of methoxy groups -OCH3 is 4. The van der Waals surface area contributed by atoms with Gasteiger partial charge in [0.15, 0.2) is 17.3 Å². The van der Waals surface area contributed by atoms with Gasteiger partial charge in [-0.15, -0.1) is 5.10 Å². The first kappa shape index (κ1) is 25.6. The SMILES string of the molecule is COc1cccc(-c2nc3n(n2)C(c2cc(OC)c(OC)cc2OC)C(C(=O)Nc2cccnc2)=C(C)N3)c1. The van der Waals surface area contributed by atoms with Crippen LogP contribution in [0.5, 0.6) is 23.0 Å². The summed E-state index contributed by atoms with van der Waals surface area (Å²) in [6.07, 6.45) is 3.22. The van der Waals surface area contributed by atoms with Gasteiger partial charge in [0, 0.05) is 29.1 Å².